The van der Waals surface area contributed by atoms with Crippen molar-refractivity contribution in [1.29, 1.82) is 0 Å². The summed E-state index contributed by atoms with van der Waals surface area (Å²) in [5, 5.41) is 0. The zero-order valence-corrected chi connectivity index (χ0v) is 15.0. The van der Waals surface area contributed by atoms with Crippen molar-refractivity contribution >= 4 is 19.5 Å². The summed E-state index contributed by atoms with van der Waals surface area (Å²) >= 11 is 0. The minimum atomic E-state index is -0.168. The van der Waals surface area contributed by atoms with Crippen LogP contribution >= 0.6 is 12.4 Å². The predicted molar refractivity (Wildman–Crippen MR) is 91.9 cm³/mol. The van der Waals surface area contributed by atoms with Crippen molar-refractivity contribution in [2.75, 3.05) is 0 Å². The average molecular weight is 328 g/mol. The van der Waals surface area contributed by atoms with E-state index in [9.17, 15) is 0 Å². The normalized spacial score (nSPS) is 44.7. The summed E-state index contributed by atoms with van der Waals surface area (Å²) in [6.45, 7) is 7.10. The number of hydrogen-bond donors (Lipinski definition) is 1. The first-order valence-electron chi connectivity index (χ1n) is 9.02. The van der Waals surface area contributed by atoms with Crippen LogP contribution in [-0.4, -0.2) is 24.8 Å². The monoisotopic (exact) mass is 327 g/mol. The molecule has 4 saturated carbocycles. The van der Waals surface area contributed by atoms with Gasteiger partial charge in [-0.25, -0.2) is 0 Å². The van der Waals surface area contributed by atoms with Crippen LogP contribution in [0.3, 0.4) is 0 Å². The number of hydrogen-bond acceptors (Lipinski definition) is 3. The SMILES string of the molecule is CC1(C)[C@@H]2C[C@H]3OB([C@@H](N)C4CCCCC4)O[C@@]3(C)[C@H]1C2.Cl. The van der Waals surface area contributed by atoms with Crippen molar-refractivity contribution in [3.63, 3.8) is 0 Å². The lowest BCUT2D eigenvalue weighted by molar-refractivity contribution is -0.199. The molecule has 4 aliphatic carbocycles. The van der Waals surface area contributed by atoms with Crippen LogP contribution in [0.1, 0.15) is 65.7 Å². The van der Waals surface area contributed by atoms with Crippen LogP contribution in [-0.2, 0) is 9.31 Å². The van der Waals surface area contributed by atoms with E-state index in [1.807, 2.05) is 0 Å². The highest BCUT2D eigenvalue weighted by Gasteiger charge is 2.68. The zero-order chi connectivity index (χ0) is 14.8. The molecule has 1 aliphatic heterocycles. The number of nitrogens with two attached hydrogens (primary N) is 1. The fourth-order valence-corrected chi connectivity index (χ4v) is 5.80. The molecule has 2 N–H and O–H groups in total. The van der Waals surface area contributed by atoms with Crippen molar-refractivity contribution in [2.24, 2.45) is 28.9 Å². The van der Waals surface area contributed by atoms with Crippen LogP contribution < -0.4 is 5.73 Å². The smallest absolute Gasteiger partial charge is 0.404 e. The lowest BCUT2D eigenvalue weighted by Crippen LogP contribution is -2.65. The Morgan fingerprint density at radius 3 is 2.41 bits per heavy atom. The van der Waals surface area contributed by atoms with Gasteiger partial charge < -0.3 is 15.0 Å². The highest BCUT2D eigenvalue weighted by atomic mass is 35.5. The topological polar surface area (TPSA) is 44.5 Å². The van der Waals surface area contributed by atoms with Gasteiger partial charge in [0.1, 0.15) is 0 Å². The van der Waals surface area contributed by atoms with Crippen molar-refractivity contribution in [3.8, 4) is 0 Å². The maximum absolute atomic E-state index is 6.54. The van der Waals surface area contributed by atoms with E-state index in [2.05, 4.69) is 20.8 Å². The van der Waals surface area contributed by atoms with Gasteiger partial charge in [0.05, 0.1) is 11.7 Å². The Morgan fingerprint density at radius 2 is 1.77 bits per heavy atom. The fourth-order valence-electron chi connectivity index (χ4n) is 5.80. The van der Waals surface area contributed by atoms with Gasteiger partial charge in [-0.3, -0.25) is 0 Å². The summed E-state index contributed by atoms with van der Waals surface area (Å²) in [5.74, 6) is 2.11. The van der Waals surface area contributed by atoms with Crippen LogP contribution in [0.15, 0.2) is 0 Å². The van der Waals surface area contributed by atoms with E-state index >= 15 is 0 Å². The molecule has 0 radical (unpaired) electrons. The van der Waals surface area contributed by atoms with Crippen molar-refractivity contribution < 1.29 is 9.31 Å². The zero-order valence-electron chi connectivity index (χ0n) is 14.2. The Labute approximate surface area is 141 Å². The highest BCUT2D eigenvalue weighted by molar-refractivity contribution is 6.47. The van der Waals surface area contributed by atoms with Gasteiger partial charge in [0.2, 0.25) is 0 Å². The maximum atomic E-state index is 6.54. The lowest BCUT2D eigenvalue weighted by atomic mass is 9.43. The highest BCUT2D eigenvalue weighted by Crippen LogP contribution is 2.65. The molecule has 126 valence electrons. The summed E-state index contributed by atoms with van der Waals surface area (Å²) in [5.41, 5.74) is 6.86. The first-order valence-corrected chi connectivity index (χ1v) is 9.02. The standard InChI is InChI=1S/C17H30BNO2.ClH/c1-16(2)12-9-13(16)17(3)14(10-12)20-18(21-17)15(19)11-7-5-4-6-8-11;/h11-15H,4-10,19H2,1-3H3;1H/t12-,13-,14+,15-,17-;/m0./s1. The fraction of sp³-hybridized carbons (Fsp3) is 1.00. The van der Waals surface area contributed by atoms with Gasteiger partial charge in [-0.2, -0.15) is 0 Å². The number of rotatable bonds is 2. The summed E-state index contributed by atoms with van der Waals surface area (Å²) in [4.78, 5) is 0. The maximum Gasteiger partial charge on any atom is 0.475 e. The van der Waals surface area contributed by atoms with Crippen LogP contribution in [0.5, 0.6) is 0 Å². The first kappa shape index (κ1) is 17.1. The van der Waals surface area contributed by atoms with E-state index in [1.165, 1.54) is 38.5 Å². The molecule has 0 unspecified atom stereocenters. The third-order valence-electron chi connectivity index (χ3n) is 7.48. The molecule has 0 aromatic carbocycles. The van der Waals surface area contributed by atoms with Gasteiger partial charge in [-0.15, -0.1) is 12.4 Å². The van der Waals surface area contributed by atoms with Gasteiger partial charge in [-0.05, 0) is 55.8 Å². The predicted octanol–water partition coefficient (Wildman–Crippen LogP) is 3.58. The Morgan fingerprint density at radius 1 is 1.09 bits per heavy atom. The molecule has 0 spiro atoms. The largest absolute Gasteiger partial charge is 0.475 e. The van der Waals surface area contributed by atoms with Crippen LogP contribution in [0.25, 0.3) is 0 Å². The molecule has 5 heteroatoms. The van der Waals surface area contributed by atoms with Gasteiger partial charge >= 0.3 is 7.12 Å². The molecule has 3 nitrogen and oxygen atoms in total. The Hall–Kier alpha value is 0.235. The second kappa shape index (κ2) is 5.65. The van der Waals surface area contributed by atoms with Crippen LogP contribution in [0.2, 0.25) is 0 Å². The Balaban J connectivity index is 0.00000144. The first-order chi connectivity index (χ1) is 9.93. The molecule has 5 atom stereocenters. The molecule has 1 heterocycles. The lowest BCUT2D eigenvalue weighted by Gasteiger charge is -2.64. The molecule has 0 aromatic rings. The van der Waals surface area contributed by atoms with Crippen molar-refractivity contribution in [2.45, 2.75) is 83.4 Å². The third-order valence-corrected chi connectivity index (χ3v) is 7.48. The molecule has 2 bridgehead atoms. The van der Waals surface area contributed by atoms with E-state index in [-0.39, 0.29) is 37.2 Å². The molecular formula is C17H31BClNO2. The third kappa shape index (κ3) is 2.29. The molecule has 0 amide bonds. The number of halogens is 1. The van der Waals surface area contributed by atoms with Crippen molar-refractivity contribution in [1.82, 2.24) is 0 Å². The molecule has 5 fully saturated rings. The molecule has 0 aromatic heterocycles. The summed E-state index contributed by atoms with van der Waals surface area (Å²) in [6, 6.07) is 0. The second-order valence-electron chi connectivity index (χ2n) is 8.81. The Bertz CT molecular complexity index is 429. The summed E-state index contributed by atoms with van der Waals surface area (Å²) in [7, 11) is -0.168. The van der Waals surface area contributed by atoms with Gasteiger partial charge in [0, 0.05) is 5.94 Å². The van der Waals surface area contributed by atoms with Crippen LogP contribution in [0, 0.1) is 23.2 Å². The quantitative estimate of drug-likeness (QED) is 0.788. The van der Waals surface area contributed by atoms with Crippen LogP contribution in [0.4, 0.5) is 0 Å². The summed E-state index contributed by atoms with van der Waals surface area (Å²) in [6.07, 6.45) is 9.27. The molecule has 1 saturated heterocycles. The van der Waals surface area contributed by atoms with E-state index in [4.69, 9.17) is 15.0 Å². The van der Waals surface area contributed by atoms with Gasteiger partial charge in [0.15, 0.2) is 0 Å². The second-order valence-corrected chi connectivity index (χ2v) is 8.81. The average Bonchev–Trinajstić information content (AvgIpc) is 2.84. The summed E-state index contributed by atoms with van der Waals surface area (Å²) < 4.78 is 12.8. The van der Waals surface area contributed by atoms with E-state index in [0.29, 0.717) is 17.3 Å². The molecule has 5 aliphatic rings. The van der Waals surface area contributed by atoms with Gasteiger partial charge in [-0.1, -0.05) is 33.1 Å². The van der Waals surface area contributed by atoms with E-state index in [0.717, 1.165) is 12.3 Å². The molecule has 5 rings (SSSR count). The minimum Gasteiger partial charge on any atom is -0.404 e. The van der Waals surface area contributed by atoms with E-state index in [1.54, 1.807) is 0 Å². The minimum absolute atomic E-state index is 0. The van der Waals surface area contributed by atoms with Crippen molar-refractivity contribution in [3.05, 3.63) is 0 Å². The molecular weight excluding hydrogens is 296 g/mol. The van der Waals surface area contributed by atoms with E-state index < -0.39 is 0 Å². The Kier molecular flexibility index (Phi) is 4.38. The molecule has 22 heavy (non-hydrogen) atoms. The van der Waals surface area contributed by atoms with Gasteiger partial charge in [0.25, 0.3) is 0 Å².